The van der Waals surface area contributed by atoms with E-state index in [4.69, 9.17) is 18.9 Å². The maximum Gasteiger partial charge on any atom is 0.115 e. The predicted molar refractivity (Wildman–Crippen MR) is 162 cm³/mol. The first-order chi connectivity index (χ1) is 20.8. The van der Waals surface area contributed by atoms with Crippen molar-refractivity contribution in [2.45, 2.75) is 50.8 Å². The van der Waals surface area contributed by atoms with E-state index in [0.717, 1.165) is 27.8 Å². The Kier molecular flexibility index (Phi) is 10.9. The highest BCUT2D eigenvalue weighted by Gasteiger charge is 2.42. The van der Waals surface area contributed by atoms with Crippen LogP contribution < -0.4 is 0 Å². The van der Waals surface area contributed by atoms with Gasteiger partial charge in [0.15, 0.2) is 0 Å². The minimum atomic E-state index is -0.605. The molecule has 1 unspecified atom stereocenters. The molecule has 0 aromatic heterocycles. The second kappa shape index (κ2) is 15.7. The first-order valence-electron chi connectivity index (χ1n) is 14.1. The third-order valence-electron chi connectivity index (χ3n) is 7.12. The summed E-state index contributed by atoms with van der Waals surface area (Å²) >= 11 is 0. The molecule has 0 radical (unpaired) electrons. The number of rotatable bonds is 14. The molecule has 214 valence electrons. The highest BCUT2D eigenvalue weighted by atomic mass is 16.6. The van der Waals surface area contributed by atoms with Gasteiger partial charge in [0.2, 0.25) is 0 Å². The van der Waals surface area contributed by atoms with E-state index in [-0.39, 0.29) is 0 Å². The number of benzene rings is 4. The lowest BCUT2D eigenvalue weighted by molar-refractivity contribution is -0.151. The van der Waals surface area contributed by atoms with Crippen molar-refractivity contribution in [1.29, 1.82) is 0 Å². The van der Waals surface area contributed by atoms with Crippen LogP contribution in [-0.2, 0) is 45.4 Å². The summed E-state index contributed by atoms with van der Waals surface area (Å²) in [5.41, 5.74) is 14.5. The minimum absolute atomic E-state index is 0.294. The smallest absolute Gasteiger partial charge is 0.115 e. The molecular formula is C35H35N3O4. The van der Waals surface area contributed by atoms with Crippen LogP contribution in [0.25, 0.3) is 10.4 Å². The van der Waals surface area contributed by atoms with Crippen molar-refractivity contribution in [2.24, 2.45) is 5.11 Å². The maximum atomic E-state index is 9.51. The lowest BCUT2D eigenvalue weighted by atomic mass is 9.87. The van der Waals surface area contributed by atoms with Gasteiger partial charge in [-0.25, -0.2) is 0 Å². The van der Waals surface area contributed by atoms with Crippen LogP contribution in [0.1, 0.15) is 22.3 Å². The summed E-state index contributed by atoms with van der Waals surface area (Å²) in [6.45, 7) is 1.81. The predicted octanol–water partition coefficient (Wildman–Crippen LogP) is 7.58. The summed E-state index contributed by atoms with van der Waals surface area (Å²) in [4.78, 5) is 3.16. The molecule has 0 N–H and O–H groups in total. The number of nitrogens with zero attached hydrogens (tertiary/aromatic N) is 3. The molecule has 0 spiro atoms. The Bertz CT molecular complexity index is 1430. The van der Waals surface area contributed by atoms with Crippen LogP contribution in [0.15, 0.2) is 138 Å². The van der Waals surface area contributed by atoms with Crippen LogP contribution in [0.5, 0.6) is 0 Å². The molecule has 4 aromatic carbocycles. The number of hydrogen-bond donors (Lipinski definition) is 0. The van der Waals surface area contributed by atoms with Crippen molar-refractivity contribution < 1.29 is 18.9 Å². The second-order valence-electron chi connectivity index (χ2n) is 10.2. The summed E-state index contributed by atoms with van der Waals surface area (Å²) < 4.78 is 25.9. The Balaban J connectivity index is 1.44. The molecule has 4 aromatic rings. The fourth-order valence-electron chi connectivity index (χ4n) is 5.01. The topological polar surface area (TPSA) is 85.7 Å². The van der Waals surface area contributed by atoms with Crippen LogP contribution in [0, 0.1) is 0 Å². The zero-order chi connectivity index (χ0) is 28.8. The lowest BCUT2D eigenvalue weighted by Gasteiger charge is -2.40. The number of azide groups is 1. The minimum Gasteiger partial charge on any atom is -0.372 e. The Morgan fingerprint density at radius 1 is 0.524 bits per heavy atom. The van der Waals surface area contributed by atoms with Crippen LogP contribution in [0.3, 0.4) is 0 Å². The first-order valence-corrected chi connectivity index (χ1v) is 14.1. The van der Waals surface area contributed by atoms with Gasteiger partial charge in [-0.15, -0.1) is 0 Å². The Morgan fingerprint density at radius 2 is 0.952 bits per heavy atom. The molecule has 0 saturated carbocycles. The van der Waals surface area contributed by atoms with Gasteiger partial charge in [0.1, 0.15) is 12.2 Å². The molecule has 0 saturated heterocycles. The average Bonchev–Trinajstić information content (AvgIpc) is 3.05. The van der Waals surface area contributed by atoms with Gasteiger partial charge in [0.05, 0.1) is 45.2 Å². The molecule has 7 nitrogen and oxygen atoms in total. The maximum absolute atomic E-state index is 9.51. The highest BCUT2D eigenvalue weighted by Crippen LogP contribution is 2.32. The standard InChI is InChI=1S/C35H35N3O4/c36-38-37-32-21-31(26-39-22-27-13-5-1-6-14-27)33(40-23-28-15-7-2-8-16-28)35(42-25-30-19-11-4-12-20-30)34(32)41-24-29-17-9-3-10-18-29/h1-21,32-35H,22-26H2/t32?,33-,34-,35+/m0/s1. The van der Waals surface area contributed by atoms with Crippen molar-refractivity contribution in [3.05, 3.63) is 166 Å². The van der Waals surface area contributed by atoms with Gasteiger partial charge in [-0.05, 0) is 33.4 Å². The molecule has 0 amide bonds. The van der Waals surface area contributed by atoms with Crippen LogP contribution in [0.2, 0.25) is 0 Å². The zero-order valence-corrected chi connectivity index (χ0v) is 23.4. The molecule has 5 rings (SSSR count). The monoisotopic (exact) mass is 561 g/mol. The van der Waals surface area contributed by atoms with Gasteiger partial charge >= 0.3 is 0 Å². The molecular weight excluding hydrogens is 526 g/mol. The Morgan fingerprint density at radius 3 is 1.43 bits per heavy atom. The molecule has 0 heterocycles. The fraction of sp³-hybridized carbons (Fsp3) is 0.257. The van der Waals surface area contributed by atoms with Crippen LogP contribution in [-0.4, -0.2) is 31.0 Å². The largest absolute Gasteiger partial charge is 0.372 e. The van der Waals surface area contributed by atoms with E-state index in [0.29, 0.717) is 33.0 Å². The van der Waals surface area contributed by atoms with E-state index >= 15 is 0 Å². The molecule has 0 fully saturated rings. The summed E-state index contributed by atoms with van der Waals surface area (Å²) in [5.74, 6) is 0. The van der Waals surface area contributed by atoms with E-state index in [1.165, 1.54) is 0 Å². The average molecular weight is 562 g/mol. The van der Waals surface area contributed by atoms with E-state index in [9.17, 15) is 5.53 Å². The third kappa shape index (κ3) is 8.40. The Hall–Kier alpha value is -4.23. The quantitative estimate of drug-likeness (QED) is 0.0687. The summed E-state index contributed by atoms with van der Waals surface area (Å²) in [5, 5.41) is 4.14. The van der Waals surface area contributed by atoms with E-state index in [1.54, 1.807) is 0 Å². The molecule has 0 aliphatic heterocycles. The lowest BCUT2D eigenvalue weighted by Crippen LogP contribution is -2.52. The SMILES string of the molecule is [N-]=[N+]=NC1C=C(COCc2ccccc2)[C@H](OCc2ccccc2)[C@@H](OCc2ccccc2)[C@H]1OCc1ccccc1. The summed E-state index contributed by atoms with van der Waals surface area (Å²) in [7, 11) is 0. The molecule has 0 bridgehead atoms. The van der Waals surface area contributed by atoms with E-state index < -0.39 is 24.4 Å². The van der Waals surface area contributed by atoms with Crippen LogP contribution >= 0.6 is 0 Å². The van der Waals surface area contributed by atoms with Crippen molar-refractivity contribution in [1.82, 2.24) is 0 Å². The van der Waals surface area contributed by atoms with E-state index in [2.05, 4.69) is 10.0 Å². The van der Waals surface area contributed by atoms with Crippen molar-refractivity contribution in [3.63, 3.8) is 0 Å². The van der Waals surface area contributed by atoms with Gasteiger partial charge in [0, 0.05) is 4.91 Å². The normalized spacial score (nSPS) is 20.0. The van der Waals surface area contributed by atoms with Crippen LogP contribution in [0.4, 0.5) is 0 Å². The third-order valence-corrected chi connectivity index (χ3v) is 7.12. The van der Waals surface area contributed by atoms with Gasteiger partial charge in [-0.1, -0.05) is 133 Å². The first kappa shape index (κ1) is 29.3. The summed E-state index contributed by atoms with van der Waals surface area (Å²) in [6.07, 6.45) is 0.297. The molecule has 1 aliphatic carbocycles. The molecule has 1 aliphatic rings. The molecule has 42 heavy (non-hydrogen) atoms. The highest BCUT2D eigenvalue weighted by molar-refractivity contribution is 5.25. The molecule has 4 atom stereocenters. The van der Waals surface area contributed by atoms with Crippen molar-refractivity contribution in [3.8, 4) is 0 Å². The van der Waals surface area contributed by atoms with Crippen molar-refractivity contribution >= 4 is 0 Å². The van der Waals surface area contributed by atoms with Gasteiger partial charge in [-0.2, -0.15) is 0 Å². The Labute approximate surface area is 247 Å². The van der Waals surface area contributed by atoms with Gasteiger partial charge < -0.3 is 18.9 Å². The van der Waals surface area contributed by atoms with Crippen molar-refractivity contribution in [2.75, 3.05) is 6.61 Å². The fourth-order valence-corrected chi connectivity index (χ4v) is 5.01. The summed E-state index contributed by atoms with van der Waals surface area (Å²) in [6, 6.07) is 39.4. The number of hydrogen-bond acceptors (Lipinski definition) is 5. The van der Waals surface area contributed by atoms with Gasteiger partial charge in [0.25, 0.3) is 0 Å². The number of ether oxygens (including phenoxy) is 4. The van der Waals surface area contributed by atoms with E-state index in [1.807, 2.05) is 127 Å². The molecule has 7 heteroatoms. The second-order valence-corrected chi connectivity index (χ2v) is 10.2. The van der Waals surface area contributed by atoms with Gasteiger partial charge in [-0.3, -0.25) is 0 Å². The zero-order valence-electron chi connectivity index (χ0n) is 23.4.